The molecule has 0 aliphatic carbocycles. The van der Waals surface area contributed by atoms with Gasteiger partial charge in [-0.2, -0.15) is 0 Å². The van der Waals surface area contributed by atoms with Gasteiger partial charge in [-0.3, -0.25) is 0 Å². The molecular weight excluding hydrogens is 520 g/mol. The molecule has 0 saturated carbocycles. The second kappa shape index (κ2) is 11.4. The van der Waals surface area contributed by atoms with Crippen molar-refractivity contribution in [2.75, 3.05) is 11.4 Å². The number of hydrogen-bond donors (Lipinski definition) is 2. The summed E-state index contributed by atoms with van der Waals surface area (Å²) in [6.45, 7) is 4.70. The molecule has 184 valence electrons. The number of halogens is 1. The van der Waals surface area contributed by atoms with Crippen molar-refractivity contribution in [3.05, 3.63) is 59.3 Å². The van der Waals surface area contributed by atoms with Crippen LogP contribution in [0.15, 0.2) is 64.2 Å². The van der Waals surface area contributed by atoms with Crippen molar-refractivity contribution in [2.45, 2.75) is 62.8 Å². The molecule has 1 heterocycles. The van der Waals surface area contributed by atoms with E-state index in [0.717, 1.165) is 56.6 Å². The Morgan fingerprint density at radius 3 is 2.41 bits per heavy atom. The quantitative estimate of drug-likeness (QED) is 0.279. The normalized spacial score (nSPS) is 16.7. The summed E-state index contributed by atoms with van der Waals surface area (Å²) in [6, 6.07) is 12.9. The zero-order valence-corrected chi connectivity index (χ0v) is 21.9. The van der Waals surface area contributed by atoms with Crippen LogP contribution in [0.3, 0.4) is 0 Å². The number of nitrogens with zero attached hydrogens (tertiary/aromatic N) is 1. The second-order valence-corrected chi connectivity index (χ2v) is 11.0. The summed E-state index contributed by atoms with van der Waals surface area (Å²) in [7, 11) is -3.90. The average molecular weight is 552 g/mol. The average Bonchev–Trinajstić information content (AvgIpc) is 2.89. The van der Waals surface area contributed by atoms with E-state index in [1.807, 2.05) is 30.3 Å². The van der Waals surface area contributed by atoms with Gasteiger partial charge in [0.2, 0.25) is 10.0 Å². The smallest absolute Gasteiger partial charge is 0.331 e. The Morgan fingerprint density at radius 1 is 1.18 bits per heavy atom. The standard InChI is InChI=1S/C25H31BrN2O5S/c1-3-5-13-25(14-6-4-2)18-28(19-10-8-7-9-11-19)21-16-20(26)22(33-15-12-24(29)30)17-23(21)34(31,32)27-25/h7-12,15-17,27H,3-6,13-14,18H2,1-2H3,(H,29,30)/b15-12+. The minimum atomic E-state index is -3.90. The van der Waals surface area contributed by atoms with Crippen molar-refractivity contribution in [3.63, 3.8) is 0 Å². The van der Waals surface area contributed by atoms with Crippen LogP contribution in [0, 0.1) is 0 Å². The van der Waals surface area contributed by atoms with Gasteiger partial charge in [0.1, 0.15) is 10.6 Å². The number of nitrogens with one attached hydrogen (secondary N) is 1. The van der Waals surface area contributed by atoms with Gasteiger partial charge in [0.15, 0.2) is 0 Å². The lowest BCUT2D eigenvalue weighted by molar-refractivity contribution is -0.131. The number of carboxylic acid groups (broad SMARTS) is 1. The van der Waals surface area contributed by atoms with Gasteiger partial charge in [-0.25, -0.2) is 17.9 Å². The molecular formula is C25H31BrN2O5S. The topological polar surface area (TPSA) is 95.9 Å². The van der Waals surface area contributed by atoms with E-state index in [1.54, 1.807) is 6.07 Å². The lowest BCUT2D eigenvalue weighted by Crippen LogP contribution is -2.53. The maximum Gasteiger partial charge on any atom is 0.331 e. The summed E-state index contributed by atoms with van der Waals surface area (Å²) in [4.78, 5) is 13.0. The monoisotopic (exact) mass is 550 g/mol. The van der Waals surface area contributed by atoms with Crippen LogP contribution in [0.25, 0.3) is 0 Å². The molecule has 0 fully saturated rings. The highest BCUT2D eigenvalue weighted by Gasteiger charge is 2.41. The number of ether oxygens (including phenoxy) is 1. The van der Waals surface area contributed by atoms with Gasteiger partial charge in [0.25, 0.3) is 0 Å². The number of unbranched alkanes of at least 4 members (excludes halogenated alkanes) is 2. The van der Waals surface area contributed by atoms with Gasteiger partial charge in [0.05, 0.1) is 28.0 Å². The fraction of sp³-hybridized carbons (Fsp3) is 0.400. The summed E-state index contributed by atoms with van der Waals surface area (Å²) in [5.41, 5.74) is 0.803. The third-order valence-corrected chi connectivity index (χ3v) is 8.12. The lowest BCUT2D eigenvalue weighted by Gasteiger charge is -2.37. The number of rotatable bonds is 10. The van der Waals surface area contributed by atoms with Crippen LogP contribution in [0.2, 0.25) is 0 Å². The van der Waals surface area contributed by atoms with Gasteiger partial charge in [-0.05, 0) is 47.0 Å². The first-order valence-electron chi connectivity index (χ1n) is 11.5. The van der Waals surface area contributed by atoms with Gasteiger partial charge in [-0.15, -0.1) is 0 Å². The van der Waals surface area contributed by atoms with Crippen molar-refractivity contribution < 1.29 is 23.1 Å². The van der Waals surface area contributed by atoms with E-state index in [-0.39, 0.29) is 10.6 Å². The SMILES string of the molecule is CCCCC1(CCCC)CN(c2ccccc2)c2cc(Br)c(O/C=C/C(=O)O)cc2S(=O)(=O)N1. The first-order valence-corrected chi connectivity index (χ1v) is 13.7. The van der Waals surface area contributed by atoms with Crippen LogP contribution in [-0.2, 0) is 14.8 Å². The van der Waals surface area contributed by atoms with E-state index in [4.69, 9.17) is 9.84 Å². The summed E-state index contributed by atoms with van der Waals surface area (Å²) < 4.78 is 36.5. The van der Waals surface area contributed by atoms with Crippen molar-refractivity contribution in [1.82, 2.24) is 4.72 Å². The molecule has 2 aromatic carbocycles. The first-order chi connectivity index (χ1) is 16.2. The molecule has 0 aromatic heterocycles. The largest absolute Gasteiger partial charge is 0.478 e. The van der Waals surface area contributed by atoms with Crippen LogP contribution < -0.4 is 14.4 Å². The highest BCUT2D eigenvalue weighted by atomic mass is 79.9. The molecule has 34 heavy (non-hydrogen) atoms. The summed E-state index contributed by atoms with van der Waals surface area (Å²) in [5, 5.41) is 8.84. The predicted molar refractivity (Wildman–Crippen MR) is 137 cm³/mol. The van der Waals surface area contributed by atoms with Crippen LogP contribution in [0.4, 0.5) is 11.4 Å². The Balaban J connectivity index is 2.19. The fourth-order valence-electron chi connectivity index (χ4n) is 4.22. The van der Waals surface area contributed by atoms with Crippen molar-refractivity contribution in [3.8, 4) is 5.75 Å². The Morgan fingerprint density at radius 2 is 1.82 bits per heavy atom. The lowest BCUT2D eigenvalue weighted by atomic mass is 9.87. The molecule has 0 unspecified atom stereocenters. The molecule has 0 radical (unpaired) electrons. The number of fused-ring (bicyclic) bond motifs is 1. The maximum atomic E-state index is 13.7. The van der Waals surface area contributed by atoms with E-state index >= 15 is 0 Å². The third kappa shape index (κ3) is 6.20. The number of para-hydroxylation sites is 1. The molecule has 0 amide bonds. The zero-order valence-electron chi connectivity index (χ0n) is 19.5. The molecule has 7 nitrogen and oxygen atoms in total. The summed E-state index contributed by atoms with van der Waals surface area (Å²) in [6.07, 6.45) is 7.07. The number of carbonyl (C=O) groups is 1. The van der Waals surface area contributed by atoms with Crippen molar-refractivity contribution in [2.24, 2.45) is 0 Å². The highest BCUT2D eigenvalue weighted by molar-refractivity contribution is 9.10. The number of aliphatic carboxylic acids is 1. The number of hydrogen-bond acceptors (Lipinski definition) is 5. The number of sulfonamides is 1. The molecule has 0 bridgehead atoms. The van der Waals surface area contributed by atoms with Gasteiger partial charge < -0.3 is 14.7 Å². The molecule has 2 aromatic rings. The zero-order chi connectivity index (χ0) is 24.8. The van der Waals surface area contributed by atoms with Gasteiger partial charge >= 0.3 is 5.97 Å². The van der Waals surface area contributed by atoms with E-state index in [0.29, 0.717) is 16.7 Å². The third-order valence-electron chi connectivity index (χ3n) is 5.90. The Labute approximate surface area is 210 Å². The molecule has 3 rings (SSSR count). The molecule has 0 spiro atoms. The molecule has 0 saturated heterocycles. The van der Waals surface area contributed by atoms with Crippen LogP contribution >= 0.6 is 15.9 Å². The van der Waals surface area contributed by atoms with Crippen molar-refractivity contribution in [1.29, 1.82) is 0 Å². The molecule has 0 atom stereocenters. The minimum absolute atomic E-state index is 0.0909. The predicted octanol–water partition coefficient (Wildman–Crippen LogP) is 5.98. The van der Waals surface area contributed by atoms with Gasteiger partial charge in [-0.1, -0.05) is 57.7 Å². The van der Waals surface area contributed by atoms with Crippen molar-refractivity contribution >= 4 is 43.3 Å². The van der Waals surface area contributed by atoms with Crippen LogP contribution in [-0.4, -0.2) is 31.6 Å². The van der Waals surface area contributed by atoms with E-state index in [1.165, 1.54) is 6.07 Å². The summed E-state index contributed by atoms with van der Waals surface area (Å²) in [5.74, 6) is -0.948. The Kier molecular flexibility index (Phi) is 8.78. The Bertz CT molecular complexity index is 1130. The summed E-state index contributed by atoms with van der Waals surface area (Å²) >= 11 is 3.47. The number of benzene rings is 2. The van der Waals surface area contributed by atoms with E-state index in [9.17, 15) is 13.2 Å². The van der Waals surface area contributed by atoms with Crippen LogP contribution in [0.5, 0.6) is 5.75 Å². The molecule has 9 heteroatoms. The molecule has 1 aliphatic rings. The van der Waals surface area contributed by atoms with E-state index in [2.05, 4.69) is 39.4 Å². The number of carboxylic acids is 1. The number of anilines is 2. The van der Waals surface area contributed by atoms with E-state index < -0.39 is 21.5 Å². The molecule has 2 N–H and O–H groups in total. The van der Waals surface area contributed by atoms with Gasteiger partial charge in [0, 0.05) is 18.3 Å². The molecule has 1 aliphatic heterocycles. The van der Waals surface area contributed by atoms with Crippen LogP contribution in [0.1, 0.15) is 52.4 Å². The highest BCUT2D eigenvalue weighted by Crippen LogP contribution is 2.43. The second-order valence-electron chi connectivity index (χ2n) is 8.52. The minimum Gasteiger partial charge on any atom is -0.478 e. The maximum absolute atomic E-state index is 13.7. The first kappa shape index (κ1) is 26.2. The fourth-order valence-corrected chi connectivity index (χ4v) is 6.30. The Hall–Kier alpha value is -2.36.